The van der Waals surface area contributed by atoms with Gasteiger partial charge in [0.2, 0.25) is 0 Å². The molecule has 3 aromatic rings. The Labute approximate surface area is 138 Å². The van der Waals surface area contributed by atoms with Crippen molar-refractivity contribution in [2.24, 2.45) is 5.73 Å². The number of hydrogen-bond acceptors (Lipinski definition) is 5. The number of nitrogens with zero attached hydrogens (tertiary/aromatic N) is 3. The van der Waals surface area contributed by atoms with E-state index in [1.807, 2.05) is 0 Å². The van der Waals surface area contributed by atoms with Crippen LogP contribution in [-0.4, -0.2) is 27.2 Å². The Balaban J connectivity index is 1.96. The fraction of sp³-hybridized carbons (Fsp3) is 0.133. The molecule has 0 aliphatic carbocycles. The highest BCUT2D eigenvalue weighted by Crippen LogP contribution is 2.25. The number of rotatable bonds is 4. The van der Waals surface area contributed by atoms with Crippen molar-refractivity contribution in [1.29, 1.82) is 0 Å². The molecule has 2 N–H and O–H groups in total. The van der Waals surface area contributed by atoms with Crippen LogP contribution in [-0.2, 0) is 11.3 Å². The number of halogens is 3. The molecular formula is C15H11F3N4O3. The van der Waals surface area contributed by atoms with Gasteiger partial charge in [-0.2, -0.15) is 5.10 Å². The first-order valence-corrected chi connectivity index (χ1v) is 6.94. The average Bonchev–Trinajstić information content (AvgIpc) is 2.91. The second-order valence-electron chi connectivity index (χ2n) is 4.88. The van der Waals surface area contributed by atoms with Gasteiger partial charge in [0.15, 0.2) is 0 Å². The number of alkyl halides is 3. The van der Waals surface area contributed by atoms with E-state index in [2.05, 4.69) is 14.8 Å². The Hall–Kier alpha value is -3.30. The van der Waals surface area contributed by atoms with Gasteiger partial charge in [-0.1, -0.05) is 0 Å². The maximum atomic E-state index is 12.2. The van der Waals surface area contributed by atoms with Crippen molar-refractivity contribution < 1.29 is 27.4 Å². The fourth-order valence-corrected chi connectivity index (χ4v) is 2.23. The molecule has 1 amide bonds. The van der Waals surface area contributed by atoms with E-state index in [1.54, 1.807) is 18.3 Å². The first kappa shape index (κ1) is 16.6. The van der Waals surface area contributed by atoms with Crippen molar-refractivity contribution in [2.75, 3.05) is 0 Å². The zero-order valence-corrected chi connectivity index (χ0v) is 12.5. The van der Waals surface area contributed by atoms with E-state index < -0.39 is 12.5 Å². The molecule has 0 fully saturated rings. The van der Waals surface area contributed by atoms with Crippen molar-refractivity contribution in [3.63, 3.8) is 0 Å². The van der Waals surface area contributed by atoms with Crippen molar-refractivity contribution in [1.82, 2.24) is 14.8 Å². The summed E-state index contributed by atoms with van der Waals surface area (Å²) in [5.41, 5.74) is 6.88. The van der Waals surface area contributed by atoms with Crippen LogP contribution in [0, 0.1) is 0 Å². The van der Waals surface area contributed by atoms with Gasteiger partial charge in [-0.25, -0.2) is 9.48 Å². The number of fused-ring (bicyclic) bond motifs is 1. The lowest BCUT2D eigenvalue weighted by Crippen LogP contribution is -2.17. The molecule has 3 rings (SSSR count). The van der Waals surface area contributed by atoms with E-state index in [0.29, 0.717) is 22.4 Å². The third-order valence-electron chi connectivity index (χ3n) is 3.17. The largest absolute Gasteiger partial charge is 0.573 e. The summed E-state index contributed by atoms with van der Waals surface area (Å²) >= 11 is 0. The predicted octanol–water partition coefficient (Wildman–Crippen LogP) is 2.91. The second-order valence-corrected chi connectivity index (χ2v) is 4.88. The molecule has 0 spiro atoms. The first-order valence-electron chi connectivity index (χ1n) is 6.94. The number of primary amides is 1. The van der Waals surface area contributed by atoms with Gasteiger partial charge < -0.3 is 15.2 Å². The van der Waals surface area contributed by atoms with Gasteiger partial charge in [-0.3, -0.25) is 4.98 Å². The molecule has 0 saturated heterocycles. The third kappa shape index (κ3) is 3.79. The van der Waals surface area contributed by atoms with E-state index in [1.165, 1.54) is 28.9 Å². The maximum absolute atomic E-state index is 12.2. The minimum atomic E-state index is -4.76. The summed E-state index contributed by atoms with van der Waals surface area (Å²) in [7, 11) is 0. The van der Waals surface area contributed by atoms with Crippen LogP contribution in [0.3, 0.4) is 0 Å². The minimum Gasteiger partial charge on any atom is -0.443 e. The summed E-state index contributed by atoms with van der Waals surface area (Å²) in [5, 5.41) is 4.29. The lowest BCUT2D eigenvalue weighted by molar-refractivity contribution is -0.274. The Morgan fingerprint density at radius 2 is 1.92 bits per heavy atom. The number of amides is 1. The minimum absolute atomic E-state index is 0.175. The molecule has 0 saturated carbocycles. The number of benzene rings is 1. The zero-order chi connectivity index (χ0) is 18.0. The first-order chi connectivity index (χ1) is 11.8. The molecule has 7 nitrogen and oxygen atoms in total. The highest BCUT2D eigenvalue weighted by atomic mass is 19.4. The standard InChI is InChI=1S/C15H11F3N4O3/c16-15(17,18)25-10-5-3-9(4-6-10)22-12-2-1-7-20-13(12)11(21-22)8-24-14(19)23/h1-7H,8H2,(H2,19,23). The van der Waals surface area contributed by atoms with Gasteiger partial charge in [0.1, 0.15) is 23.6 Å². The predicted molar refractivity (Wildman–Crippen MR) is 79.9 cm³/mol. The lowest BCUT2D eigenvalue weighted by atomic mass is 10.3. The van der Waals surface area contributed by atoms with Crippen LogP contribution in [0.4, 0.5) is 18.0 Å². The fourth-order valence-electron chi connectivity index (χ4n) is 2.23. The van der Waals surface area contributed by atoms with Gasteiger partial charge >= 0.3 is 12.5 Å². The average molecular weight is 352 g/mol. The monoisotopic (exact) mass is 352 g/mol. The number of aromatic nitrogens is 3. The molecule has 0 aliphatic rings. The molecule has 0 aliphatic heterocycles. The summed E-state index contributed by atoms with van der Waals surface area (Å²) < 4.78 is 46.7. The summed E-state index contributed by atoms with van der Waals surface area (Å²) in [5.74, 6) is -0.344. The van der Waals surface area contributed by atoms with Crippen molar-refractivity contribution in [3.05, 3.63) is 48.3 Å². The van der Waals surface area contributed by atoms with Gasteiger partial charge in [-0.15, -0.1) is 13.2 Å². The SMILES string of the molecule is NC(=O)OCc1nn(-c2ccc(OC(F)(F)F)cc2)c2cccnc12. The number of pyridine rings is 1. The number of carbonyl (C=O) groups excluding carboxylic acids is 1. The molecule has 2 aromatic heterocycles. The highest BCUT2D eigenvalue weighted by Gasteiger charge is 2.31. The molecule has 1 aromatic carbocycles. The van der Waals surface area contributed by atoms with Crippen LogP contribution in [0.5, 0.6) is 5.75 Å². The molecular weight excluding hydrogens is 341 g/mol. The zero-order valence-electron chi connectivity index (χ0n) is 12.5. The number of nitrogens with two attached hydrogens (primary N) is 1. The van der Waals surface area contributed by atoms with E-state index in [-0.39, 0.29) is 12.4 Å². The van der Waals surface area contributed by atoms with Crippen LogP contribution in [0.2, 0.25) is 0 Å². The Morgan fingerprint density at radius 1 is 1.20 bits per heavy atom. The van der Waals surface area contributed by atoms with Gasteiger partial charge in [0, 0.05) is 6.20 Å². The van der Waals surface area contributed by atoms with E-state index in [9.17, 15) is 18.0 Å². The van der Waals surface area contributed by atoms with Crippen LogP contribution in [0.1, 0.15) is 5.69 Å². The van der Waals surface area contributed by atoms with Crippen LogP contribution >= 0.6 is 0 Å². The van der Waals surface area contributed by atoms with E-state index >= 15 is 0 Å². The maximum Gasteiger partial charge on any atom is 0.573 e. The van der Waals surface area contributed by atoms with E-state index in [0.717, 1.165) is 0 Å². The third-order valence-corrected chi connectivity index (χ3v) is 3.17. The lowest BCUT2D eigenvalue weighted by Gasteiger charge is -2.09. The van der Waals surface area contributed by atoms with Gasteiger partial charge in [-0.05, 0) is 36.4 Å². The summed E-state index contributed by atoms with van der Waals surface area (Å²) in [6, 6.07) is 8.58. The molecule has 0 radical (unpaired) electrons. The quantitative estimate of drug-likeness (QED) is 0.779. The molecule has 0 bridgehead atoms. The second kappa shape index (κ2) is 6.30. The smallest absolute Gasteiger partial charge is 0.443 e. The molecule has 130 valence electrons. The highest BCUT2D eigenvalue weighted by molar-refractivity contribution is 5.79. The van der Waals surface area contributed by atoms with E-state index in [4.69, 9.17) is 10.5 Å². The van der Waals surface area contributed by atoms with Crippen LogP contribution < -0.4 is 10.5 Å². The molecule has 0 atom stereocenters. The topological polar surface area (TPSA) is 92.3 Å². The Kier molecular flexibility index (Phi) is 4.17. The Morgan fingerprint density at radius 3 is 2.56 bits per heavy atom. The molecule has 2 heterocycles. The molecule has 25 heavy (non-hydrogen) atoms. The number of carbonyl (C=O) groups is 1. The summed E-state index contributed by atoms with van der Waals surface area (Å²) in [6.07, 6.45) is -4.17. The van der Waals surface area contributed by atoms with Crippen LogP contribution in [0.25, 0.3) is 16.7 Å². The normalized spacial score (nSPS) is 11.5. The van der Waals surface area contributed by atoms with Gasteiger partial charge in [0.25, 0.3) is 0 Å². The summed E-state index contributed by atoms with van der Waals surface area (Å²) in [4.78, 5) is 15.0. The van der Waals surface area contributed by atoms with Gasteiger partial charge in [0.05, 0.1) is 11.2 Å². The van der Waals surface area contributed by atoms with Crippen molar-refractivity contribution in [2.45, 2.75) is 13.0 Å². The molecule has 10 heteroatoms. The number of hydrogen-bond donors (Lipinski definition) is 1. The Bertz CT molecular complexity index is 907. The van der Waals surface area contributed by atoms with Crippen molar-refractivity contribution in [3.8, 4) is 11.4 Å². The van der Waals surface area contributed by atoms with Crippen LogP contribution in [0.15, 0.2) is 42.6 Å². The van der Waals surface area contributed by atoms with Crippen molar-refractivity contribution >= 4 is 17.1 Å². The summed E-state index contributed by atoms with van der Waals surface area (Å²) in [6.45, 7) is -0.175. The number of ether oxygens (including phenoxy) is 2. The molecule has 0 unspecified atom stereocenters.